The lowest BCUT2D eigenvalue weighted by Gasteiger charge is -2.21. The van der Waals surface area contributed by atoms with Crippen LogP contribution >= 0.6 is 0 Å². The predicted molar refractivity (Wildman–Crippen MR) is 159 cm³/mol. The summed E-state index contributed by atoms with van der Waals surface area (Å²) in [6.45, 7) is 4.40. The number of benzene rings is 5. The molecule has 1 aliphatic carbocycles. The minimum atomic E-state index is -0.194. The van der Waals surface area contributed by atoms with E-state index < -0.39 is 0 Å². The zero-order valence-corrected chi connectivity index (χ0v) is 21.7. The second-order valence-corrected chi connectivity index (χ2v) is 10.6. The number of hydrogen-bond acceptors (Lipinski definition) is 4. The van der Waals surface area contributed by atoms with Crippen LogP contribution in [0.25, 0.3) is 43.9 Å². The van der Waals surface area contributed by atoms with Gasteiger partial charge in [-0.3, -0.25) is 4.99 Å². The quantitative estimate of drug-likeness (QED) is 0.236. The number of aromatic nitrogens is 1. The Morgan fingerprint density at radius 1 is 0.667 bits per heavy atom. The van der Waals surface area contributed by atoms with Gasteiger partial charge in [0.05, 0.1) is 23.3 Å². The van der Waals surface area contributed by atoms with Crippen molar-refractivity contribution < 1.29 is 10.2 Å². The van der Waals surface area contributed by atoms with E-state index in [9.17, 15) is 10.2 Å². The van der Waals surface area contributed by atoms with Crippen molar-refractivity contribution in [2.45, 2.75) is 19.3 Å². The van der Waals surface area contributed by atoms with Crippen molar-refractivity contribution in [3.8, 4) is 33.9 Å². The first kappa shape index (κ1) is 23.2. The minimum Gasteiger partial charge on any atom is -0.507 e. The van der Waals surface area contributed by atoms with E-state index in [0.717, 1.165) is 27.3 Å². The molecule has 0 spiro atoms. The zero-order chi connectivity index (χ0) is 26.7. The highest BCUT2D eigenvalue weighted by molar-refractivity contribution is 6.03. The highest BCUT2D eigenvalue weighted by atomic mass is 16.3. The van der Waals surface area contributed by atoms with Gasteiger partial charge in [0.15, 0.2) is 0 Å². The number of aliphatic imine (C=N–C) groups is 1. The van der Waals surface area contributed by atoms with Gasteiger partial charge in [-0.05, 0) is 63.4 Å². The van der Waals surface area contributed by atoms with E-state index in [1.165, 1.54) is 11.1 Å². The molecule has 0 saturated carbocycles. The Bertz CT molecular complexity index is 1970. The monoisotopic (exact) mass is 506 g/mol. The molecule has 1 aliphatic rings. The zero-order valence-electron chi connectivity index (χ0n) is 21.7. The first-order valence-corrected chi connectivity index (χ1v) is 13.0. The molecular weight excluding hydrogens is 480 g/mol. The van der Waals surface area contributed by atoms with Gasteiger partial charge in [-0.2, -0.15) is 0 Å². The fraction of sp³-hybridized carbons (Fsp3) is 0.0857. The van der Waals surface area contributed by atoms with E-state index in [0.29, 0.717) is 28.0 Å². The first-order chi connectivity index (χ1) is 18.9. The van der Waals surface area contributed by atoms with Crippen LogP contribution in [0.15, 0.2) is 108 Å². The number of phenols is 2. The summed E-state index contributed by atoms with van der Waals surface area (Å²) in [5.41, 5.74) is 7.22. The average molecular weight is 507 g/mol. The van der Waals surface area contributed by atoms with Crippen LogP contribution in [0.4, 0.5) is 5.69 Å². The van der Waals surface area contributed by atoms with Crippen LogP contribution in [-0.2, 0) is 5.41 Å². The minimum absolute atomic E-state index is 0.193. The van der Waals surface area contributed by atoms with Crippen molar-refractivity contribution in [1.29, 1.82) is 0 Å². The van der Waals surface area contributed by atoms with Crippen molar-refractivity contribution in [3.63, 3.8) is 0 Å². The fourth-order valence-corrected chi connectivity index (χ4v) is 5.94. The molecule has 0 amide bonds. The van der Waals surface area contributed by atoms with Gasteiger partial charge in [-0.25, -0.2) is 4.98 Å². The maximum atomic E-state index is 11.3. The van der Waals surface area contributed by atoms with Gasteiger partial charge in [0.2, 0.25) is 0 Å². The molecule has 0 fully saturated rings. The van der Waals surface area contributed by atoms with E-state index in [1.807, 2.05) is 66.7 Å². The largest absolute Gasteiger partial charge is 0.507 e. The third-order valence-corrected chi connectivity index (χ3v) is 7.93. The van der Waals surface area contributed by atoms with Crippen molar-refractivity contribution in [3.05, 3.63) is 120 Å². The molecule has 1 aromatic heterocycles. The van der Waals surface area contributed by atoms with Crippen LogP contribution < -0.4 is 0 Å². The van der Waals surface area contributed by atoms with Gasteiger partial charge >= 0.3 is 0 Å². The smallest absolute Gasteiger partial charge is 0.125 e. The highest BCUT2D eigenvalue weighted by Gasteiger charge is 2.36. The summed E-state index contributed by atoms with van der Waals surface area (Å²) in [5, 5.41) is 25.4. The van der Waals surface area contributed by atoms with Gasteiger partial charge in [-0.15, -0.1) is 0 Å². The summed E-state index contributed by atoms with van der Waals surface area (Å²) in [5.74, 6) is 0.400. The summed E-state index contributed by atoms with van der Waals surface area (Å²) >= 11 is 0. The van der Waals surface area contributed by atoms with Gasteiger partial charge in [0.25, 0.3) is 0 Å². The third kappa shape index (κ3) is 3.60. The molecule has 4 nitrogen and oxygen atoms in total. The molecule has 0 aliphatic heterocycles. The van der Waals surface area contributed by atoms with E-state index in [1.54, 1.807) is 12.3 Å². The number of fused-ring (bicyclic) bond motifs is 5. The lowest BCUT2D eigenvalue weighted by Crippen LogP contribution is -2.14. The molecule has 6 aromatic rings. The lowest BCUT2D eigenvalue weighted by atomic mass is 9.82. The molecule has 1 heterocycles. The Labute approximate surface area is 226 Å². The molecule has 39 heavy (non-hydrogen) atoms. The lowest BCUT2D eigenvalue weighted by molar-refractivity contribution is 0.475. The number of aromatic hydroxyl groups is 2. The summed E-state index contributed by atoms with van der Waals surface area (Å²) in [6, 6.07) is 33.7. The molecule has 4 heteroatoms. The molecule has 0 unspecified atom stereocenters. The molecule has 2 N–H and O–H groups in total. The second-order valence-electron chi connectivity index (χ2n) is 10.6. The molecule has 0 radical (unpaired) electrons. The van der Waals surface area contributed by atoms with Crippen LogP contribution in [0.5, 0.6) is 11.5 Å². The Morgan fingerprint density at radius 2 is 1.41 bits per heavy atom. The molecule has 7 rings (SSSR count). The molecule has 0 atom stereocenters. The molecular formula is C35H26N2O2. The van der Waals surface area contributed by atoms with Crippen LogP contribution in [0, 0.1) is 0 Å². The first-order valence-electron chi connectivity index (χ1n) is 13.0. The SMILES string of the molecule is CC1(C)c2ccccc2-c2cc(-c3cc4ccccc4c(C=Nc4cccc5cccc(O)c45)n3)c(O)cc21. The summed E-state index contributed by atoms with van der Waals surface area (Å²) in [4.78, 5) is 9.76. The summed E-state index contributed by atoms with van der Waals surface area (Å²) < 4.78 is 0. The Hall–Kier alpha value is -4.96. The maximum absolute atomic E-state index is 11.3. The van der Waals surface area contributed by atoms with E-state index in [-0.39, 0.29) is 16.9 Å². The number of pyridine rings is 1. The molecule has 0 saturated heterocycles. The van der Waals surface area contributed by atoms with Crippen molar-refractivity contribution >= 4 is 33.4 Å². The van der Waals surface area contributed by atoms with Gasteiger partial charge in [0, 0.05) is 21.8 Å². The van der Waals surface area contributed by atoms with Gasteiger partial charge < -0.3 is 10.2 Å². The molecule has 5 aromatic carbocycles. The van der Waals surface area contributed by atoms with E-state index in [4.69, 9.17) is 9.98 Å². The number of rotatable bonds is 3. The van der Waals surface area contributed by atoms with Crippen LogP contribution in [-0.4, -0.2) is 21.4 Å². The number of phenolic OH excluding ortho intramolecular Hbond substituents is 2. The highest BCUT2D eigenvalue weighted by Crippen LogP contribution is 2.51. The van der Waals surface area contributed by atoms with Crippen molar-refractivity contribution in [2.24, 2.45) is 4.99 Å². The summed E-state index contributed by atoms with van der Waals surface area (Å²) in [7, 11) is 0. The van der Waals surface area contributed by atoms with Crippen molar-refractivity contribution in [2.75, 3.05) is 0 Å². The number of nitrogens with zero attached hydrogens (tertiary/aromatic N) is 2. The predicted octanol–water partition coefficient (Wildman–Crippen LogP) is 8.52. The topological polar surface area (TPSA) is 65.7 Å². The van der Waals surface area contributed by atoms with Crippen LogP contribution in [0.1, 0.15) is 30.7 Å². The summed E-state index contributed by atoms with van der Waals surface area (Å²) in [6.07, 6.45) is 1.75. The molecule has 0 bridgehead atoms. The van der Waals surface area contributed by atoms with Crippen LogP contribution in [0.2, 0.25) is 0 Å². The third-order valence-electron chi connectivity index (χ3n) is 7.93. The Balaban J connectivity index is 1.41. The van der Waals surface area contributed by atoms with E-state index in [2.05, 4.69) is 44.2 Å². The fourth-order valence-electron chi connectivity index (χ4n) is 5.94. The normalized spacial score (nSPS) is 13.7. The van der Waals surface area contributed by atoms with E-state index >= 15 is 0 Å². The number of hydrogen-bond donors (Lipinski definition) is 2. The average Bonchev–Trinajstić information content (AvgIpc) is 3.17. The van der Waals surface area contributed by atoms with Crippen LogP contribution in [0.3, 0.4) is 0 Å². The maximum Gasteiger partial charge on any atom is 0.125 e. The van der Waals surface area contributed by atoms with Gasteiger partial charge in [-0.1, -0.05) is 86.6 Å². The van der Waals surface area contributed by atoms with Gasteiger partial charge in [0.1, 0.15) is 11.5 Å². The Kier molecular flexibility index (Phi) is 5.07. The van der Waals surface area contributed by atoms with Crippen molar-refractivity contribution in [1.82, 2.24) is 4.98 Å². The second kappa shape index (κ2) is 8.53. The Morgan fingerprint density at radius 3 is 2.28 bits per heavy atom. The molecule has 188 valence electrons. The standard InChI is InChI=1S/C35H26N2O2/c1-35(2)27-14-6-5-13-24(27)25-18-26(33(39)19-28(25)35)30-17-22-9-3-4-12-23(22)31(37-30)20-36-29-15-7-10-21-11-8-16-32(38)34(21)29/h3-20,38-39H,1-2H3.